The minimum absolute atomic E-state index is 0.155. The predicted octanol–water partition coefficient (Wildman–Crippen LogP) is 5.36. The van der Waals surface area contributed by atoms with Crippen molar-refractivity contribution in [3.05, 3.63) is 85.0 Å². The maximum atomic E-state index is 13.4. The van der Waals surface area contributed by atoms with Gasteiger partial charge in [-0.05, 0) is 29.6 Å². The lowest BCUT2D eigenvalue weighted by atomic mass is 9.89. The Balaban J connectivity index is 1.78. The van der Waals surface area contributed by atoms with Crippen LogP contribution in [-0.4, -0.2) is 49.3 Å². The second-order valence-corrected chi connectivity index (χ2v) is 9.70. The summed E-state index contributed by atoms with van der Waals surface area (Å²) in [5.74, 6) is 0.533. The molecule has 0 saturated carbocycles. The molecule has 9 nitrogen and oxygen atoms in total. The van der Waals surface area contributed by atoms with Crippen LogP contribution < -0.4 is 0 Å². The van der Waals surface area contributed by atoms with Gasteiger partial charge < -0.3 is 10.0 Å². The van der Waals surface area contributed by atoms with Gasteiger partial charge in [0.15, 0.2) is 10.8 Å². The van der Waals surface area contributed by atoms with Gasteiger partial charge in [0.05, 0.1) is 18.3 Å². The van der Waals surface area contributed by atoms with Crippen molar-refractivity contribution in [3.8, 4) is 0 Å². The quantitative estimate of drug-likeness (QED) is 0.270. The Morgan fingerprint density at radius 1 is 1.43 bits per heavy atom. The number of amidine groups is 1. The average Bonchev–Trinajstić information content (AvgIpc) is 3.58. The van der Waals surface area contributed by atoms with Crippen LogP contribution in [0.5, 0.6) is 0 Å². The largest absolute Gasteiger partial charge is 0.396 e. The molecule has 180 valence electrons. The van der Waals surface area contributed by atoms with E-state index in [0.29, 0.717) is 42.9 Å². The third-order valence-corrected chi connectivity index (χ3v) is 7.20. The van der Waals surface area contributed by atoms with Crippen LogP contribution in [0.3, 0.4) is 0 Å². The molecule has 0 bridgehead atoms. The standard InChI is InChI=1S/C22H19ClF2N8OS/c1-12-2-3-14(15(23)6-12)18-17(13-8-28-33(9-13)21(24)25)16-7-22(11-34,30-31-26)10-32(16)19(29-18)20-27-4-5-35-20/h2-6,8-9,18,21,34H,7,10-11H2,1H3/t18-,22?/m0/s1. The molecule has 1 unspecified atom stereocenters. The normalized spacial score (nSPS) is 21.8. The number of halogens is 3. The van der Waals surface area contributed by atoms with Crippen LogP contribution in [0.1, 0.15) is 40.7 Å². The number of alkyl halides is 2. The molecule has 0 amide bonds. The van der Waals surface area contributed by atoms with Gasteiger partial charge in [-0.2, -0.15) is 13.9 Å². The number of aryl methyl sites for hydroxylation is 1. The van der Waals surface area contributed by atoms with E-state index in [1.54, 1.807) is 6.20 Å². The van der Waals surface area contributed by atoms with E-state index in [1.807, 2.05) is 35.4 Å². The Kier molecular flexibility index (Phi) is 6.06. The van der Waals surface area contributed by atoms with Crippen molar-refractivity contribution in [3.63, 3.8) is 0 Å². The minimum Gasteiger partial charge on any atom is -0.396 e. The van der Waals surface area contributed by atoms with Crippen molar-refractivity contribution >= 4 is 34.3 Å². The monoisotopic (exact) mass is 516 g/mol. The highest BCUT2D eigenvalue weighted by Crippen LogP contribution is 2.49. The van der Waals surface area contributed by atoms with Gasteiger partial charge >= 0.3 is 6.55 Å². The second kappa shape index (κ2) is 9.04. The second-order valence-electron chi connectivity index (χ2n) is 8.40. The van der Waals surface area contributed by atoms with Crippen LogP contribution in [0.15, 0.2) is 58.0 Å². The Hall–Kier alpha value is -3.31. The number of azide groups is 1. The highest BCUT2D eigenvalue weighted by atomic mass is 35.5. The number of aliphatic hydroxyl groups excluding tert-OH is 1. The molecule has 0 spiro atoms. The summed E-state index contributed by atoms with van der Waals surface area (Å²) >= 11 is 8.04. The number of thiazole rings is 1. The van der Waals surface area contributed by atoms with E-state index in [0.717, 1.165) is 5.56 Å². The van der Waals surface area contributed by atoms with Gasteiger partial charge in [-0.3, -0.25) is 4.99 Å². The zero-order valence-corrected chi connectivity index (χ0v) is 20.0. The average molecular weight is 517 g/mol. The molecule has 1 fully saturated rings. The van der Waals surface area contributed by atoms with E-state index in [1.165, 1.54) is 23.7 Å². The molecule has 3 aromatic rings. The third-order valence-electron chi connectivity index (χ3n) is 6.10. The van der Waals surface area contributed by atoms with Gasteiger partial charge in [-0.15, -0.1) is 11.3 Å². The van der Waals surface area contributed by atoms with E-state index in [4.69, 9.17) is 16.6 Å². The lowest BCUT2D eigenvalue weighted by Crippen LogP contribution is -2.38. The zero-order chi connectivity index (χ0) is 24.7. The molecule has 35 heavy (non-hydrogen) atoms. The van der Waals surface area contributed by atoms with E-state index >= 15 is 0 Å². The topological polar surface area (TPSA) is 115 Å². The Bertz CT molecular complexity index is 1380. The molecule has 1 aromatic carbocycles. The molecular formula is C22H19ClF2N8OS. The number of rotatable bonds is 6. The van der Waals surface area contributed by atoms with Crippen molar-refractivity contribution in [1.82, 2.24) is 19.7 Å². The molecule has 0 radical (unpaired) electrons. The van der Waals surface area contributed by atoms with Gasteiger partial charge in [0.1, 0.15) is 6.04 Å². The fraction of sp³-hybridized carbons (Fsp3) is 0.318. The van der Waals surface area contributed by atoms with E-state index < -0.39 is 24.7 Å². The van der Waals surface area contributed by atoms with Crippen LogP contribution in [0.2, 0.25) is 5.02 Å². The van der Waals surface area contributed by atoms with Gasteiger partial charge in [-0.25, -0.2) is 9.67 Å². The minimum atomic E-state index is -2.81. The first-order valence-corrected chi connectivity index (χ1v) is 11.9. The molecule has 0 aliphatic carbocycles. The molecule has 4 heterocycles. The summed E-state index contributed by atoms with van der Waals surface area (Å²) in [5, 5.41) is 20.9. The van der Waals surface area contributed by atoms with E-state index in [2.05, 4.69) is 20.1 Å². The lowest BCUT2D eigenvalue weighted by Gasteiger charge is -2.32. The number of aromatic nitrogens is 3. The first kappa shape index (κ1) is 23.4. The number of hydrogen-bond donors (Lipinski definition) is 1. The van der Waals surface area contributed by atoms with Crippen LogP contribution >= 0.6 is 22.9 Å². The first-order chi connectivity index (χ1) is 16.9. The third kappa shape index (κ3) is 4.08. The van der Waals surface area contributed by atoms with Crippen LogP contribution in [0.25, 0.3) is 16.0 Å². The summed E-state index contributed by atoms with van der Waals surface area (Å²) in [6, 6.07) is 4.92. The van der Waals surface area contributed by atoms with Crippen molar-refractivity contribution in [1.29, 1.82) is 0 Å². The van der Waals surface area contributed by atoms with Crippen LogP contribution in [0.4, 0.5) is 8.78 Å². The van der Waals surface area contributed by atoms with Gasteiger partial charge in [0, 0.05) is 57.5 Å². The number of fused-ring (bicyclic) bond motifs is 1. The lowest BCUT2D eigenvalue weighted by molar-refractivity contribution is 0.0566. The Morgan fingerprint density at radius 3 is 2.89 bits per heavy atom. The maximum absolute atomic E-state index is 13.4. The summed E-state index contributed by atoms with van der Waals surface area (Å²) in [5.41, 5.74) is 11.4. The van der Waals surface area contributed by atoms with E-state index in [9.17, 15) is 19.4 Å². The fourth-order valence-electron chi connectivity index (χ4n) is 4.50. The van der Waals surface area contributed by atoms with E-state index in [-0.39, 0.29) is 13.0 Å². The molecule has 1 saturated heterocycles. The summed E-state index contributed by atoms with van der Waals surface area (Å²) in [4.78, 5) is 14.2. The van der Waals surface area contributed by atoms with Crippen LogP contribution in [0, 0.1) is 6.92 Å². The predicted molar refractivity (Wildman–Crippen MR) is 128 cm³/mol. The summed E-state index contributed by atoms with van der Waals surface area (Å²) < 4.78 is 27.4. The molecule has 2 aromatic heterocycles. The number of hydrogen-bond acceptors (Lipinski definition) is 7. The number of nitrogens with zero attached hydrogens (tertiary/aromatic N) is 8. The fourth-order valence-corrected chi connectivity index (χ4v) is 5.48. The smallest absolute Gasteiger partial charge is 0.333 e. The van der Waals surface area contributed by atoms with Crippen molar-refractivity contribution in [2.24, 2.45) is 10.1 Å². The van der Waals surface area contributed by atoms with Crippen molar-refractivity contribution in [2.75, 3.05) is 13.2 Å². The van der Waals surface area contributed by atoms with Crippen LogP contribution in [-0.2, 0) is 0 Å². The zero-order valence-electron chi connectivity index (χ0n) is 18.4. The van der Waals surface area contributed by atoms with Gasteiger partial charge in [0.2, 0.25) is 0 Å². The summed E-state index contributed by atoms with van der Waals surface area (Å²) in [6.07, 6.45) is 4.45. The maximum Gasteiger partial charge on any atom is 0.333 e. The Morgan fingerprint density at radius 2 is 2.26 bits per heavy atom. The molecule has 2 atom stereocenters. The molecular weight excluding hydrogens is 498 g/mol. The molecule has 2 aliphatic rings. The van der Waals surface area contributed by atoms with Gasteiger partial charge in [0.25, 0.3) is 0 Å². The number of benzene rings is 1. The van der Waals surface area contributed by atoms with Crippen molar-refractivity contribution < 1.29 is 13.9 Å². The molecule has 1 N–H and O–H groups in total. The number of aliphatic hydroxyl groups is 1. The van der Waals surface area contributed by atoms with Gasteiger partial charge in [-0.1, -0.05) is 28.8 Å². The highest BCUT2D eigenvalue weighted by molar-refractivity contribution is 7.11. The number of aliphatic imine (C=N–C) groups is 1. The molecule has 5 rings (SSSR count). The molecule has 2 aliphatic heterocycles. The highest BCUT2D eigenvalue weighted by Gasteiger charge is 2.47. The Labute approximate surface area is 207 Å². The summed E-state index contributed by atoms with van der Waals surface area (Å²) in [6.45, 7) is -1.14. The van der Waals surface area contributed by atoms with Crippen molar-refractivity contribution in [2.45, 2.75) is 31.5 Å². The molecule has 13 heteroatoms. The first-order valence-electron chi connectivity index (χ1n) is 10.6. The summed E-state index contributed by atoms with van der Waals surface area (Å²) in [7, 11) is 0. The SMILES string of the molecule is Cc1ccc([C@@H]2N=C(c3nccs3)N3CC(CO)(N=[N+]=[N-])CC3=C2c2cnn(C(F)F)c2)c(Cl)c1.